The van der Waals surface area contributed by atoms with E-state index in [9.17, 15) is 4.79 Å². The van der Waals surface area contributed by atoms with Gasteiger partial charge >= 0.3 is 0 Å². The Balaban J connectivity index is 1.54. The molecule has 1 heterocycles. The molecular formula is C22H28N2O3. The predicted octanol–water partition coefficient (Wildman–Crippen LogP) is 2.90. The van der Waals surface area contributed by atoms with Crippen LogP contribution >= 0.6 is 0 Å². The van der Waals surface area contributed by atoms with E-state index in [1.54, 1.807) is 14.2 Å². The van der Waals surface area contributed by atoms with Gasteiger partial charge in [0.05, 0.1) is 20.6 Å². The van der Waals surface area contributed by atoms with Crippen molar-refractivity contribution in [2.75, 3.05) is 40.4 Å². The van der Waals surface area contributed by atoms with Gasteiger partial charge in [-0.25, -0.2) is 0 Å². The third-order valence-electron chi connectivity index (χ3n) is 5.04. The Bertz CT molecular complexity index is 783. The lowest BCUT2D eigenvalue weighted by Crippen LogP contribution is -2.48. The molecular weight excluding hydrogens is 340 g/mol. The van der Waals surface area contributed by atoms with Crippen molar-refractivity contribution < 1.29 is 14.3 Å². The van der Waals surface area contributed by atoms with Crippen molar-refractivity contribution in [2.24, 2.45) is 0 Å². The molecule has 5 nitrogen and oxygen atoms in total. The van der Waals surface area contributed by atoms with E-state index in [4.69, 9.17) is 9.47 Å². The van der Waals surface area contributed by atoms with Gasteiger partial charge in [-0.05, 0) is 30.7 Å². The van der Waals surface area contributed by atoms with Gasteiger partial charge in [-0.3, -0.25) is 9.69 Å². The molecule has 0 aromatic heterocycles. The summed E-state index contributed by atoms with van der Waals surface area (Å²) in [5.74, 6) is 1.89. The molecule has 3 rings (SSSR count). The van der Waals surface area contributed by atoms with E-state index in [1.807, 2.05) is 35.2 Å². The van der Waals surface area contributed by atoms with Gasteiger partial charge in [0.2, 0.25) is 5.91 Å². The number of hydrogen-bond acceptors (Lipinski definition) is 4. The highest BCUT2D eigenvalue weighted by atomic mass is 16.5. The first-order valence-electron chi connectivity index (χ1n) is 9.35. The SMILES string of the molecule is COc1cccc(CC(=O)N2CCN(Cc3cc(C)ccc3OC)CC2)c1. The van der Waals surface area contributed by atoms with E-state index >= 15 is 0 Å². The first kappa shape index (κ1) is 19.2. The van der Waals surface area contributed by atoms with Gasteiger partial charge < -0.3 is 14.4 Å². The van der Waals surface area contributed by atoms with Crippen LogP contribution in [0.5, 0.6) is 11.5 Å². The number of benzene rings is 2. The molecule has 0 aliphatic carbocycles. The molecule has 1 fully saturated rings. The van der Waals surface area contributed by atoms with Crippen LogP contribution in [0.2, 0.25) is 0 Å². The van der Waals surface area contributed by atoms with Crippen molar-refractivity contribution in [3.8, 4) is 11.5 Å². The van der Waals surface area contributed by atoms with Gasteiger partial charge in [-0.15, -0.1) is 0 Å². The molecule has 0 spiro atoms. The van der Waals surface area contributed by atoms with E-state index < -0.39 is 0 Å². The lowest BCUT2D eigenvalue weighted by Gasteiger charge is -2.35. The van der Waals surface area contributed by atoms with Crippen LogP contribution < -0.4 is 9.47 Å². The second-order valence-electron chi connectivity index (χ2n) is 7.00. The smallest absolute Gasteiger partial charge is 0.227 e. The van der Waals surface area contributed by atoms with Crippen molar-refractivity contribution in [2.45, 2.75) is 19.9 Å². The second-order valence-corrected chi connectivity index (χ2v) is 7.00. The summed E-state index contributed by atoms with van der Waals surface area (Å²) in [6.45, 7) is 6.22. The zero-order valence-corrected chi connectivity index (χ0v) is 16.4. The Hall–Kier alpha value is -2.53. The van der Waals surface area contributed by atoms with E-state index in [-0.39, 0.29) is 5.91 Å². The number of amides is 1. The molecule has 1 amide bonds. The van der Waals surface area contributed by atoms with E-state index in [0.717, 1.165) is 49.8 Å². The zero-order chi connectivity index (χ0) is 19.2. The summed E-state index contributed by atoms with van der Waals surface area (Å²) in [6.07, 6.45) is 0.420. The number of rotatable bonds is 6. The summed E-state index contributed by atoms with van der Waals surface area (Å²) in [6, 6.07) is 14.0. The minimum absolute atomic E-state index is 0.177. The lowest BCUT2D eigenvalue weighted by atomic mass is 10.1. The monoisotopic (exact) mass is 368 g/mol. The maximum absolute atomic E-state index is 12.6. The summed E-state index contributed by atoms with van der Waals surface area (Å²) < 4.78 is 10.7. The number of ether oxygens (including phenoxy) is 2. The molecule has 1 aliphatic heterocycles. The average molecular weight is 368 g/mol. The zero-order valence-electron chi connectivity index (χ0n) is 16.4. The highest BCUT2D eigenvalue weighted by molar-refractivity contribution is 5.79. The van der Waals surface area contributed by atoms with Gasteiger partial charge in [0.25, 0.3) is 0 Å². The Morgan fingerprint density at radius 2 is 1.78 bits per heavy atom. The second kappa shape index (κ2) is 8.91. The minimum Gasteiger partial charge on any atom is -0.497 e. The third-order valence-corrected chi connectivity index (χ3v) is 5.04. The number of methoxy groups -OCH3 is 2. The molecule has 0 N–H and O–H groups in total. The Kier molecular flexibility index (Phi) is 6.35. The summed E-state index contributed by atoms with van der Waals surface area (Å²) in [7, 11) is 3.35. The van der Waals surface area contributed by atoms with Crippen LogP contribution in [-0.2, 0) is 17.8 Å². The van der Waals surface area contributed by atoms with Crippen LogP contribution in [0.15, 0.2) is 42.5 Å². The fraction of sp³-hybridized carbons (Fsp3) is 0.409. The lowest BCUT2D eigenvalue weighted by molar-refractivity contribution is -0.132. The molecule has 0 bridgehead atoms. The summed E-state index contributed by atoms with van der Waals surface area (Å²) >= 11 is 0. The highest BCUT2D eigenvalue weighted by Gasteiger charge is 2.22. The molecule has 1 saturated heterocycles. The van der Waals surface area contributed by atoms with Gasteiger partial charge in [0, 0.05) is 38.3 Å². The third kappa shape index (κ3) is 5.01. The van der Waals surface area contributed by atoms with E-state index in [1.165, 1.54) is 11.1 Å². The Morgan fingerprint density at radius 3 is 2.48 bits per heavy atom. The van der Waals surface area contributed by atoms with Crippen LogP contribution in [0, 0.1) is 6.92 Å². The standard InChI is InChI=1S/C22H28N2O3/c1-17-7-8-21(27-3)19(13-17)16-23-9-11-24(12-10-23)22(25)15-18-5-4-6-20(14-18)26-2/h4-8,13-14H,9-12,15-16H2,1-3H3. The number of carbonyl (C=O) groups is 1. The Morgan fingerprint density at radius 1 is 1.00 bits per heavy atom. The van der Waals surface area contributed by atoms with Crippen molar-refractivity contribution in [1.82, 2.24) is 9.80 Å². The van der Waals surface area contributed by atoms with Crippen LogP contribution in [0.25, 0.3) is 0 Å². The van der Waals surface area contributed by atoms with E-state index in [2.05, 4.69) is 24.0 Å². The Labute approximate surface area is 161 Å². The molecule has 0 radical (unpaired) electrons. The first-order valence-corrected chi connectivity index (χ1v) is 9.35. The van der Waals surface area contributed by atoms with Crippen molar-refractivity contribution in [1.29, 1.82) is 0 Å². The van der Waals surface area contributed by atoms with Crippen LogP contribution in [0.4, 0.5) is 0 Å². The van der Waals surface area contributed by atoms with Crippen molar-refractivity contribution in [3.05, 3.63) is 59.2 Å². The fourth-order valence-electron chi connectivity index (χ4n) is 3.50. The molecule has 5 heteroatoms. The van der Waals surface area contributed by atoms with Crippen LogP contribution in [-0.4, -0.2) is 56.1 Å². The van der Waals surface area contributed by atoms with Gasteiger partial charge in [0.15, 0.2) is 0 Å². The largest absolute Gasteiger partial charge is 0.497 e. The number of hydrogen-bond donors (Lipinski definition) is 0. The average Bonchev–Trinajstić information content (AvgIpc) is 2.69. The van der Waals surface area contributed by atoms with Crippen LogP contribution in [0.3, 0.4) is 0 Å². The maximum atomic E-state index is 12.6. The van der Waals surface area contributed by atoms with Crippen LogP contribution in [0.1, 0.15) is 16.7 Å². The van der Waals surface area contributed by atoms with Crippen molar-refractivity contribution >= 4 is 5.91 Å². The van der Waals surface area contributed by atoms with Gasteiger partial charge in [-0.1, -0.05) is 29.8 Å². The normalized spacial score (nSPS) is 14.9. The maximum Gasteiger partial charge on any atom is 0.227 e. The first-order chi connectivity index (χ1) is 13.1. The molecule has 27 heavy (non-hydrogen) atoms. The highest BCUT2D eigenvalue weighted by Crippen LogP contribution is 2.22. The molecule has 0 atom stereocenters. The predicted molar refractivity (Wildman–Crippen MR) is 106 cm³/mol. The minimum atomic E-state index is 0.177. The topological polar surface area (TPSA) is 42.0 Å². The number of piperazine rings is 1. The molecule has 144 valence electrons. The number of aryl methyl sites for hydroxylation is 1. The summed E-state index contributed by atoms with van der Waals surface area (Å²) in [5, 5.41) is 0. The van der Waals surface area contributed by atoms with Gasteiger partial charge in [-0.2, -0.15) is 0 Å². The number of carbonyl (C=O) groups excluding carboxylic acids is 1. The molecule has 2 aromatic rings. The molecule has 2 aromatic carbocycles. The summed E-state index contributed by atoms with van der Waals surface area (Å²) in [4.78, 5) is 17.0. The summed E-state index contributed by atoms with van der Waals surface area (Å²) in [5.41, 5.74) is 3.43. The van der Waals surface area contributed by atoms with E-state index in [0.29, 0.717) is 6.42 Å². The number of nitrogens with zero attached hydrogens (tertiary/aromatic N) is 2. The molecule has 0 saturated carbocycles. The molecule has 0 unspecified atom stereocenters. The van der Waals surface area contributed by atoms with Gasteiger partial charge in [0.1, 0.15) is 11.5 Å². The molecule has 1 aliphatic rings. The fourth-order valence-corrected chi connectivity index (χ4v) is 3.50. The quantitative estimate of drug-likeness (QED) is 0.786. The van der Waals surface area contributed by atoms with Crippen molar-refractivity contribution in [3.63, 3.8) is 0 Å².